The molecule has 5 nitrogen and oxygen atoms in total. The van der Waals surface area contributed by atoms with Crippen molar-refractivity contribution in [3.63, 3.8) is 0 Å². The summed E-state index contributed by atoms with van der Waals surface area (Å²) in [7, 11) is 0. The molecule has 4 aliphatic rings. The monoisotopic (exact) mass is 370 g/mol. The molecular formula is C22H26O5. The summed E-state index contributed by atoms with van der Waals surface area (Å²) in [5, 5.41) is 10.9. The van der Waals surface area contributed by atoms with Crippen LogP contribution in [0.4, 0.5) is 0 Å². The Morgan fingerprint density at radius 3 is 2.30 bits per heavy atom. The first-order valence-electron chi connectivity index (χ1n) is 9.64. The van der Waals surface area contributed by atoms with Gasteiger partial charge in [-0.05, 0) is 57.3 Å². The van der Waals surface area contributed by atoms with Gasteiger partial charge < -0.3 is 14.6 Å². The maximum absolute atomic E-state index is 13.2. The van der Waals surface area contributed by atoms with Crippen LogP contribution in [-0.4, -0.2) is 22.6 Å². The predicted molar refractivity (Wildman–Crippen MR) is 98.2 cm³/mol. The molecule has 3 atom stereocenters. The van der Waals surface area contributed by atoms with Gasteiger partial charge in [-0.2, -0.15) is 0 Å². The second kappa shape index (κ2) is 6.48. The standard InChI is InChI=1S/C22H26O5/c1-14(2)18(23)26-19(17-6-4-3-5-7-17)27-20(24)21-9-15-8-16(10-21)12-22(25,11-15)13-21/h3-7,15-16,19,25H,1,8-13H2,2H3. The highest BCUT2D eigenvalue weighted by Crippen LogP contribution is 2.62. The third kappa shape index (κ3) is 3.41. The van der Waals surface area contributed by atoms with Gasteiger partial charge in [-0.25, -0.2) is 4.79 Å². The van der Waals surface area contributed by atoms with E-state index in [1.165, 1.54) is 0 Å². The molecule has 5 heteroatoms. The van der Waals surface area contributed by atoms with Gasteiger partial charge >= 0.3 is 11.9 Å². The molecule has 0 amide bonds. The number of hydrogen-bond acceptors (Lipinski definition) is 5. The third-order valence-electron chi connectivity index (χ3n) is 6.31. The first-order chi connectivity index (χ1) is 12.8. The quantitative estimate of drug-likeness (QED) is 0.486. The second-order valence-corrected chi connectivity index (χ2v) is 8.80. The minimum Gasteiger partial charge on any atom is -0.420 e. The molecule has 1 aromatic carbocycles. The molecule has 1 N–H and O–H groups in total. The Kier molecular flexibility index (Phi) is 4.38. The average Bonchev–Trinajstić information content (AvgIpc) is 2.59. The minimum atomic E-state index is -1.11. The number of esters is 2. The molecule has 0 heterocycles. The van der Waals surface area contributed by atoms with Crippen molar-refractivity contribution < 1.29 is 24.2 Å². The molecule has 0 radical (unpaired) electrons. The van der Waals surface area contributed by atoms with Crippen molar-refractivity contribution in [2.75, 3.05) is 0 Å². The van der Waals surface area contributed by atoms with E-state index in [1.54, 1.807) is 31.2 Å². The number of hydrogen-bond donors (Lipinski definition) is 1. The van der Waals surface area contributed by atoms with Gasteiger partial charge in [-0.1, -0.05) is 36.9 Å². The van der Waals surface area contributed by atoms with E-state index in [0.717, 1.165) is 32.1 Å². The molecule has 5 rings (SSSR count). The first-order valence-corrected chi connectivity index (χ1v) is 9.64. The lowest BCUT2D eigenvalue weighted by Crippen LogP contribution is -2.58. The summed E-state index contributed by atoms with van der Waals surface area (Å²) in [5.74, 6) is -0.215. The Balaban J connectivity index is 1.57. The van der Waals surface area contributed by atoms with Crippen LogP contribution in [0.2, 0.25) is 0 Å². The predicted octanol–water partition coefficient (Wildman–Crippen LogP) is 3.68. The van der Waals surface area contributed by atoms with Gasteiger partial charge in [0.15, 0.2) is 0 Å². The summed E-state index contributed by atoms with van der Waals surface area (Å²) in [5.41, 5.74) is -0.568. The molecule has 4 aliphatic carbocycles. The normalized spacial score (nSPS) is 34.7. The lowest BCUT2D eigenvalue weighted by Gasteiger charge is -2.58. The highest BCUT2D eigenvalue weighted by molar-refractivity contribution is 5.87. The molecule has 0 saturated heterocycles. The van der Waals surface area contributed by atoms with Crippen LogP contribution >= 0.6 is 0 Å². The first kappa shape index (κ1) is 18.2. The molecule has 0 aliphatic heterocycles. The van der Waals surface area contributed by atoms with Crippen molar-refractivity contribution in [3.05, 3.63) is 48.0 Å². The van der Waals surface area contributed by atoms with Gasteiger partial charge in [0, 0.05) is 11.1 Å². The fraction of sp³-hybridized carbons (Fsp3) is 0.545. The molecule has 4 bridgehead atoms. The Morgan fingerprint density at radius 1 is 1.11 bits per heavy atom. The van der Waals surface area contributed by atoms with Crippen LogP contribution in [0.5, 0.6) is 0 Å². The van der Waals surface area contributed by atoms with Crippen molar-refractivity contribution >= 4 is 11.9 Å². The van der Waals surface area contributed by atoms with Gasteiger partial charge in [0.05, 0.1) is 11.0 Å². The fourth-order valence-corrected chi connectivity index (χ4v) is 5.64. The summed E-state index contributed by atoms with van der Waals surface area (Å²) in [4.78, 5) is 25.3. The Hall–Kier alpha value is -2.14. The molecule has 3 unspecified atom stereocenters. The summed E-state index contributed by atoms with van der Waals surface area (Å²) >= 11 is 0. The fourth-order valence-electron chi connectivity index (χ4n) is 5.64. The molecule has 27 heavy (non-hydrogen) atoms. The van der Waals surface area contributed by atoms with E-state index in [4.69, 9.17) is 9.47 Å². The molecule has 1 aromatic rings. The zero-order valence-electron chi connectivity index (χ0n) is 15.6. The highest BCUT2D eigenvalue weighted by atomic mass is 16.7. The van der Waals surface area contributed by atoms with E-state index < -0.39 is 23.3 Å². The number of benzene rings is 1. The maximum atomic E-state index is 13.2. The van der Waals surface area contributed by atoms with Crippen LogP contribution in [0.25, 0.3) is 0 Å². The van der Waals surface area contributed by atoms with E-state index in [9.17, 15) is 14.7 Å². The smallest absolute Gasteiger partial charge is 0.336 e. The number of aliphatic hydroxyl groups is 1. The summed E-state index contributed by atoms with van der Waals surface area (Å²) in [6, 6.07) is 8.97. The van der Waals surface area contributed by atoms with Gasteiger partial charge in [-0.3, -0.25) is 4.79 Å². The lowest BCUT2D eigenvalue weighted by molar-refractivity contribution is -0.218. The van der Waals surface area contributed by atoms with Gasteiger partial charge in [0.25, 0.3) is 6.29 Å². The largest absolute Gasteiger partial charge is 0.420 e. The van der Waals surface area contributed by atoms with Gasteiger partial charge in [0.2, 0.25) is 0 Å². The Labute approximate surface area is 159 Å². The van der Waals surface area contributed by atoms with Crippen molar-refractivity contribution in [2.24, 2.45) is 17.3 Å². The van der Waals surface area contributed by atoms with Crippen LogP contribution < -0.4 is 0 Å². The van der Waals surface area contributed by atoms with Gasteiger partial charge in [-0.15, -0.1) is 0 Å². The Bertz CT molecular complexity index is 754. The Morgan fingerprint density at radius 2 is 1.74 bits per heavy atom. The van der Waals surface area contributed by atoms with E-state index in [0.29, 0.717) is 23.8 Å². The van der Waals surface area contributed by atoms with E-state index in [2.05, 4.69) is 6.58 Å². The lowest BCUT2D eigenvalue weighted by atomic mass is 9.48. The van der Waals surface area contributed by atoms with Crippen molar-refractivity contribution in [2.45, 2.75) is 57.3 Å². The molecule has 0 spiro atoms. The number of carbonyl (C=O) groups excluding carboxylic acids is 2. The molecule has 0 aromatic heterocycles. The number of carbonyl (C=O) groups is 2. The van der Waals surface area contributed by atoms with Crippen molar-refractivity contribution in [3.8, 4) is 0 Å². The van der Waals surface area contributed by atoms with Gasteiger partial charge in [0.1, 0.15) is 0 Å². The van der Waals surface area contributed by atoms with E-state index in [1.807, 2.05) is 6.07 Å². The van der Waals surface area contributed by atoms with Crippen molar-refractivity contribution in [1.29, 1.82) is 0 Å². The summed E-state index contributed by atoms with van der Waals surface area (Å²) < 4.78 is 11.2. The molecule has 144 valence electrons. The number of ether oxygens (including phenoxy) is 2. The van der Waals surface area contributed by atoms with Crippen LogP contribution in [-0.2, 0) is 19.1 Å². The molecule has 4 fully saturated rings. The van der Waals surface area contributed by atoms with Crippen LogP contribution in [0, 0.1) is 17.3 Å². The molecule has 4 saturated carbocycles. The molecular weight excluding hydrogens is 344 g/mol. The number of rotatable bonds is 5. The zero-order valence-corrected chi connectivity index (χ0v) is 15.6. The highest BCUT2D eigenvalue weighted by Gasteiger charge is 2.61. The third-order valence-corrected chi connectivity index (χ3v) is 6.31. The summed E-state index contributed by atoms with van der Waals surface area (Å²) in [6.07, 6.45) is 3.49. The zero-order chi connectivity index (χ0) is 19.2. The maximum Gasteiger partial charge on any atom is 0.336 e. The van der Waals surface area contributed by atoms with E-state index in [-0.39, 0.29) is 11.5 Å². The SMILES string of the molecule is C=C(C)C(=O)OC(OC(=O)C12CC3CC(CC(O)(C3)C1)C2)c1ccccc1. The summed E-state index contributed by atoms with van der Waals surface area (Å²) in [6.45, 7) is 5.15. The van der Waals surface area contributed by atoms with Crippen molar-refractivity contribution in [1.82, 2.24) is 0 Å². The van der Waals surface area contributed by atoms with Crippen LogP contribution in [0.1, 0.15) is 57.3 Å². The average molecular weight is 370 g/mol. The van der Waals surface area contributed by atoms with E-state index >= 15 is 0 Å². The minimum absolute atomic E-state index is 0.246. The second-order valence-electron chi connectivity index (χ2n) is 8.80. The van der Waals surface area contributed by atoms with Crippen LogP contribution in [0.15, 0.2) is 42.5 Å². The van der Waals surface area contributed by atoms with Crippen LogP contribution in [0.3, 0.4) is 0 Å². The topological polar surface area (TPSA) is 72.8 Å².